The van der Waals surface area contributed by atoms with Gasteiger partial charge in [-0.3, -0.25) is 9.97 Å². The molecule has 0 aliphatic carbocycles. The van der Waals surface area contributed by atoms with Crippen molar-refractivity contribution in [3.05, 3.63) is 24.8 Å². The average molecular weight is 126 g/mol. The van der Waals surface area contributed by atoms with E-state index >= 15 is 0 Å². The lowest BCUT2D eigenvalue weighted by Crippen LogP contribution is -1.66. The Bertz CT molecular complexity index is 113. The van der Waals surface area contributed by atoms with Crippen LogP contribution in [-0.4, -0.2) is 15.4 Å². The van der Waals surface area contributed by atoms with E-state index in [-0.39, 0.29) is 5.48 Å². The highest BCUT2D eigenvalue weighted by atomic mass is 16.0. The lowest BCUT2D eigenvalue weighted by Gasteiger charge is -1.70. The van der Waals surface area contributed by atoms with Crippen LogP contribution in [0.3, 0.4) is 0 Å². The Labute approximate surface area is 52.1 Å². The van der Waals surface area contributed by atoms with Crippen LogP contribution in [0.25, 0.3) is 0 Å². The predicted octanol–water partition coefficient (Wildman–Crippen LogP) is -0.318. The summed E-state index contributed by atoms with van der Waals surface area (Å²) in [6.07, 6.45) is 6.56. The second kappa shape index (κ2) is 9.68. The molecule has 0 unspecified atom stereocenters. The molecule has 0 fully saturated rings. The highest BCUT2D eigenvalue weighted by Gasteiger charge is 1.59. The monoisotopic (exact) mass is 126 g/mol. The van der Waals surface area contributed by atoms with Crippen molar-refractivity contribution in [1.29, 1.82) is 10.8 Å². The molecule has 0 aliphatic heterocycles. The van der Waals surface area contributed by atoms with Crippen LogP contribution in [0.15, 0.2) is 24.8 Å². The largest absolute Gasteiger partial charge is 0.412 e. The van der Waals surface area contributed by atoms with Crippen LogP contribution < -0.4 is 0 Å². The summed E-state index contributed by atoms with van der Waals surface area (Å²) < 4.78 is 0. The van der Waals surface area contributed by atoms with Crippen molar-refractivity contribution in [3.63, 3.8) is 0 Å². The third-order valence-electron chi connectivity index (χ3n) is 0.478. The van der Waals surface area contributed by atoms with E-state index in [9.17, 15) is 0 Å². The quantitative estimate of drug-likeness (QED) is 0.444. The van der Waals surface area contributed by atoms with E-state index in [0.717, 1.165) is 0 Å². The summed E-state index contributed by atoms with van der Waals surface area (Å²) in [6, 6.07) is 0. The minimum atomic E-state index is 0. The van der Waals surface area contributed by atoms with E-state index in [0.29, 0.717) is 0 Å². The summed E-state index contributed by atoms with van der Waals surface area (Å²) in [6.45, 7) is 0. The van der Waals surface area contributed by atoms with E-state index in [1.165, 1.54) is 0 Å². The summed E-state index contributed by atoms with van der Waals surface area (Å²) in [5.74, 6) is 0. The van der Waals surface area contributed by atoms with Crippen LogP contribution in [0, 0.1) is 10.8 Å². The van der Waals surface area contributed by atoms with Gasteiger partial charge in [-0.15, -0.1) is 0 Å². The van der Waals surface area contributed by atoms with Gasteiger partial charge in [0.25, 0.3) is 0 Å². The number of nitrogens with zero attached hydrogens (tertiary/aromatic N) is 4. The summed E-state index contributed by atoms with van der Waals surface area (Å²) in [4.78, 5) is 7.44. The van der Waals surface area contributed by atoms with Gasteiger partial charge in [0.05, 0.1) is 0 Å². The number of aromatic nitrogens is 2. The molecule has 5 heteroatoms. The van der Waals surface area contributed by atoms with Gasteiger partial charge < -0.3 is 5.48 Å². The van der Waals surface area contributed by atoms with E-state index in [2.05, 4.69) is 9.97 Å². The molecule has 0 saturated heterocycles. The van der Waals surface area contributed by atoms with Crippen LogP contribution in [0.2, 0.25) is 0 Å². The topological polar surface area (TPSA) is 105 Å². The van der Waals surface area contributed by atoms with Crippen molar-refractivity contribution in [2.75, 3.05) is 0 Å². The molecular formula is C4H6N4O. The van der Waals surface area contributed by atoms with E-state index in [1.54, 1.807) is 24.8 Å². The molecule has 0 aromatic carbocycles. The van der Waals surface area contributed by atoms with Gasteiger partial charge in [-0.25, -0.2) is 0 Å². The molecule has 48 valence electrons. The molecule has 0 radical (unpaired) electrons. The molecular weight excluding hydrogens is 120 g/mol. The highest BCUT2D eigenvalue weighted by Crippen LogP contribution is 1.65. The Hall–Kier alpha value is -1.54. The van der Waals surface area contributed by atoms with Crippen molar-refractivity contribution in [1.82, 2.24) is 9.97 Å². The fourth-order valence-electron chi connectivity index (χ4n) is 0.253. The van der Waals surface area contributed by atoms with Crippen molar-refractivity contribution in [3.8, 4) is 0 Å². The van der Waals surface area contributed by atoms with E-state index in [1.807, 2.05) is 0 Å². The van der Waals surface area contributed by atoms with Gasteiger partial charge in [0, 0.05) is 35.6 Å². The van der Waals surface area contributed by atoms with Crippen molar-refractivity contribution >= 4 is 0 Å². The highest BCUT2D eigenvalue weighted by molar-refractivity contribution is 4.70. The van der Waals surface area contributed by atoms with Crippen LogP contribution >= 0.6 is 0 Å². The Morgan fingerprint density at radius 2 is 1.00 bits per heavy atom. The first-order chi connectivity index (χ1) is 4.00. The first kappa shape index (κ1) is 10.4. The van der Waals surface area contributed by atoms with Gasteiger partial charge in [0.15, 0.2) is 0 Å². The van der Waals surface area contributed by atoms with Crippen LogP contribution in [0.5, 0.6) is 0 Å². The second-order valence-corrected chi connectivity index (χ2v) is 0.894. The van der Waals surface area contributed by atoms with E-state index in [4.69, 9.17) is 10.8 Å². The Kier molecular flexibility index (Phi) is 11.2. The minimum Gasteiger partial charge on any atom is -0.412 e. The number of hydrogen-bond donors (Lipinski definition) is 0. The molecule has 2 N–H and O–H groups in total. The lowest BCUT2D eigenvalue weighted by atomic mass is 10.8. The molecule has 0 atom stereocenters. The molecule has 0 aliphatic rings. The van der Waals surface area contributed by atoms with Crippen LogP contribution in [0.4, 0.5) is 0 Å². The van der Waals surface area contributed by atoms with E-state index < -0.39 is 0 Å². The number of rotatable bonds is 0. The fourth-order valence-corrected chi connectivity index (χ4v) is 0.253. The van der Waals surface area contributed by atoms with Gasteiger partial charge in [-0.2, -0.15) is 0 Å². The normalized spacial score (nSPS) is 5.56. The molecule has 0 saturated carbocycles. The van der Waals surface area contributed by atoms with Gasteiger partial charge >= 0.3 is 0 Å². The third-order valence-corrected chi connectivity index (χ3v) is 0.478. The summed E-state index contributed by atoms with van der Waals surface area (Å²) in [5, 5.41) is 12.0. The first-order valence-electron chi connectivity index (χ1n) is 1.90. The Balaban J connectivity index is 0. The smallest absolute Gasteiger partial charge is 0.0451 e. The fraction of sp³-hybridized carbons (Fsp3) is 0. The summed E-state index contributed by atoms with van der Waals surface area (Å²) >= 11 is 0. The summed E-state index contributed by atoms with van der Waals surface area (Å²) in [5.41, 5.74) is 0. The predicted molar refractivity (Wildman–Crippen MR) is 29.1 cm³/mol. The molecule has 1 heterocycles. The van der Waals surface area contributed by atoms with Gasteiger partial charge in [0.1, 0.15) is 0 Å². The minimum absolute atomic E-state index is 0. The van der Waals surface area contributed by atoms with Gasteiger partial charge in [-0.05, 0) is 0 Å². The van der Waals surface area contributed by atoms with Crippen molar-refractivity contribution in [2.24, 2.45) is 0 Å². The maximum atomic E-state index is 6.00. The lowest BCUT2D eigenvalue weighted by molar-refractivity contribution is 0.824. The molecule has 1 aromatic heterocycles. The maximum absolute atomic E-state index is 6.00. The molecule has 1 rings (SSSR count). The zero-order valence-corrected chi connectivity index (χ0v) is 4.60. The van der Waals surface area contributed by atoms with Crippen molar-refractivity contribution in [2.45, 2.75) is 0 Å². The first-order valence-corrected chi connectivity index (χ1v) is 1.90. The van der Waals surface area contributed by atoms with Crippen molar-refractivity contribution < 1.29 is 5.48 Å². The molecule has 0 bridgehead atoms. The Morgan fingerprint density at radius 3 is 1.11 bits per heavy atom. The Morgan fingerprint density at radius 1 is 0.778 bits per heavy atom. The maximum Gasteiger partial charge on any atom is 0.0451 e. The number of hydrogen-bond acceptors (Lipinski definition) is 4. The van der Waals surface area contributed by atoms with Gasteiger partial charge in [0.2, 0.25) is 0 Å². The van der Waals surface area contributed by atoms with Crippen LogP contribution in [-0.2, 0) is 0 Å². The average Bonchev–Trinajstić information content (AvgIpc) is 1.96. The molecule has 5 nitrogen and oxygen atoms in total. The standard InChI is InChI=1S/C4H4N2.N2.H2O/c1-2-6-4-3-5-1;1-2;/h1-4H;;1H2. The third kappa shape index (κ3) is 6.46. The van der Waals surface area contributed by atoms with Gasteiger partial charge in [-0.1, -0.05) is 0 Å². The molecule has 9 heavy (non-hydrogen) atoms. The SMILES string of the molecule is N#N.O.c1cnccn1. The molecule has 1 aromatic rings. The van der Waals surface area contributed by atoms with Crippen LogP contribution in [0.1, 0.15) is 0 Å². The second-order valence-electron chi connectivity index (χ2n) is 0.894. The summed E-state index contributed by atoms with van der Waals surface area (Å²) in [7, 11) is 0. The zero-order valence-electron chi connectivity index (χ0n) is 4.60. The molecule has 0 amide bonds. The zero-order chi connectivity index (χ0) is 6.24. The molecule has 0 spiro atoms.